The summed E-state index contributed by atoms with van der Waals surface area (Å²) in [6, 6.07) is 27.0. The summed E-state index contributed by atoms with van der Waals surface area (Å²) in [5.41, 5.74) is 8.49. The zero-order valence-electron chi connectivity index (χ0n) is 15.0. The Morgan fingerprint density at radius 3 is 1.86 bits per heavy atom. The zero-order chi connectivity index (χ0) is 18.5. The van der Waals surface area contributed by atoms with Crippen molar-refractivity contribution in [3.05, 3.63) is 107 Å². The molecule has 28 heavy (non-hydrogen) atoms. The molecule has 0 saturated heterocycles. The molecule has 0 fully saturated rings. The standard InChI is InChI=1S/C23H19NO2S.ClH/c24-23(18-13-14-27-16-18)17-11-12-21(25-19-7-3-1-4-8-19)22(15-17)26-20-9-5-2-6-10-20;/h1-16,23H,24H2;1H/t23-;/m1./s1. The fourth-order valence-electron chi connectivity index (χ4n) is 2.76. The van der Waals surface area contributed by atoms with Gasteiger partial charge >= 0.3 is 0 Å². The quantitative estimate of drug-likeness (QED) is 0.380. The van der Waals surface area contributed by atoms with Gasteiger partial charge in [-0.2, -0.15) is 11.3 Å². The molecule has 0 aliphatic heterocycles. The Labute approximate surface area is 174 Å². The van der Waals surface area contributed by atoms with Crippen molar-refractivity contribution in [1.82, 2.24) is 0 Å². The van der Waals surface area contributed by atoms with E-state index in [-0.39, 0.29) is 18.4 Å². The van der Waals surface area contributed by atoms with Crippen LogP contribution in [-0.2, 0) is 0 Å². The van der Waals surface area contributed by atoms with Gasteiger partial charge in [0, 0.05) is 0 Å². The minimum absolute atomic E-state index is 0. The summed E-state index contributed by atoms with van der Waals surface area (Å²) in [4.78, 5) is 0. The van der Waals surface area contributed by atoms with Gasteiger partial charge in [0.2, 0.25) is 0 Å². The number of benzene rings is 3. The third-order valence-electron chi connectivity index (χ3n) is 4.17. The first kappa shape index (κ1) is 20.0. The minimum atomic E-state index is -0.208. The summed E-state index contributed by atoms with van der Waals surface area (Å²) in [6.07, 6.45) is 0. The molecule has 0 saturated carbocycles. The zero-order valence-corrected chi connectivity index (χ0v) is 16.7. The van der Waals surface area contributed by atoms with Crippen molar-refractivity contribution in [1.29, 1.82) is 0 Å². The van der Waals surface area contributed by atoms with E-state index in [1.807, 2.05) is 90.3 Å². The van der Waals surface area contributed by atoms with Crippen LogP contribution in [0.4, 0.5) is 0 Å². The number of hydrogen-bond donors (Lipinski definition) is 1. The summed E-state index contributed by atoms with van der Waals surface area (Å²) in [7, 11) is 0. The molecule has 3 aromatic carbocycles. The largest absolute Gasteiger partial charge is 0.453 e. The SMILES string of the molecule is Cl.N[C@@H](c1ccsc1)c1ccc(Oc2ccccc2)c(Oc2ccccc2)c1. The van der Waals surface area contributed by atoms with Crippen molar-refractivity contribution in [2.45, 2.75) is 6.04 Å². The van der Waals surface area contributed by atoms with Gasteiger partial charge in [0.1, 0.15) is 11.5 Å². The molecule has 3 nitrogen and oxygen atoms in total. The van der Waals surface area contributed by atoms with Crippen molar-refractivity contribution in [2.24, 2.45) is 5.73 Å². The predicted octanol–water partition coefficient (Wildman–Crippen LogP) is 6.80. The number of hydrogen-bond acceptors (Lipinski definition) is 4. The number of rotatable bonds is 6. The minimum Gasteiger partial charge on any atom is -0.453 e. The van der Waals surface area contributed by atoms with Crippen molar-refractivity contribution in [3.63, 3.8) is 0 Å². The maximum absolute atomic E-state index is 6.44. The molecule has 0 radical (unpaired) electrons. The van der Waals surface area contributed by atoms with Crippen molar-refractivity contribution in [2.75, 3.05) is 0 Å². The molecule has 1 heterocycles. The van der Waals surface area contributed by atoms with E-state index in [9.17, 15) is 0 Å². The molecule has 1 aromatic heterocycles. The van der Waals surface area contributed by atoms with E-state index in [0.717, 1.165) is 22.6 Å². The second kappa shape index (κ2) is 9.42. The molecular formula is C23H20ClNO2S. The van der Waals surface area contributed by atoms with Crippen LogP contribution in [0, 0.1) is 0 Å². The van der Waals surface area contributed by atoms with Crippen LogP contribution in [0.2, 0.25) is 0 Å². The van der Waals surface area contributed by atoms with Crippen LogP contribution >= 0.6 is 23.7 Å². The second-order valence-electron chi connectivity index (χ2n) is 6.07. The van der Waals surface area contributed by atoms with Gasteiger partial charge in [0.25, 0.3) is 0 Å². The molecule has 1 atom stereocenters. The molecule has 0 spiro atoms. The maximum atomic E-state index is 6.44. The van der Waals surface area contributed by atoms with Crippen LogP contribution in [0.15, 0.2) is 95.7 Å². The molecule has 0 bridgehead atoms. The molecule has 4 rings (SSSR count). The number of nitrogens with two attached hydrogens (primary N) is 1. The number of thiophene rings is 1. The van der Waals surface area contributed by atoms with E-state index in [4.69, 9.17) is 15.2 Å². The van der Waals surface area contributed by atoms with Crippen LogP contribution in [0.5, 0.6) is 23.0 Å². The molecule has 0 unspecified atom stereocenters. The molecule has 142 valence electrons. The number of halogens is 1. The van der Waals surface area contributed by atoms with Gasteiger partial charge in [-0.15, -0.1) is 12.4 Å². The van der Waals surface area contributed by atoms with Crippen LogP contribution in [-0.4, -0.2) is 0 Å². The lowest BCUT2D eigenvalue weighted by atomic mass is 10.0. The van der Waals surface area contributed by atoms with E-state index in [1.165, 1.54) is 0 Å². The summed E-state index contributed by atoms with van der Waals surface area (Å²) in [5, 5.41) is 4.10. The highest BCUT2D eigenvalue weighted by Crippen LogP contribution is 2.37. The van der Waals surface area contributed by atoms with Crippen LogP contribution < -0.4 is 15.2 Å². The van der Waals surface area contributed by atoms with Crippen LogP contribution in [0.25, 0.3) is 0 Å². The highest BCUT2D eigenvalue weighted by atomic mass is 35.5. The lowest BCUT2D eigenvalue weighted by Gasteiger charge is -2.16. The van der Waals surface area contributed by atoms with Gasteiger partial charge < -0.3 is 15.2 Å². The number of ether oxygens (including phenoxy) is 2. The Balaban J connectivity index is 0.00000225. The molecule has 0 aliphatic rings. The van der Waals surface area contributed by atoms with E-state index >= 15 is 0 Å². The second-order valence-corrected chi connectivity index (χ2v) is 6.85. The lowest BCUT2D eigenvalue weighted by Crippen LogP contribution is -2.11. The lowest BCUT2D eigenvalue weighted by molar-refractivity contribution is 0.418. The van der Waals surface area contributed by atoms with Crippen molar-refractivity contribution >= 4 is 23.7 Å². The molecule has 2 N–H and O–H groups in total. The van der Waals surface area contributed by atoms with Gasteiger partial charge in [-0.1, -0.05) is 42.5 Å². The summed E-state index contributed by atoms with van der Waals surface area (Å²) >= 11 is 1.64. The Kier molecular flexibility index (Phi) is 6.71. The Morgan fingerprint density at radius 2 is 1.29 bits per heavy atom. The van der Waals surface area contributed by atoms with Crippen LogP contribution in [0.1, 0.15) is 17.2 Å². The van der Waals surface area contributed by atoms with E-state index < -0.39 is 0 Å². The molecule has 0 aliphatic carbocycles. The van der Waals surface area contributed by atoms with Gasteiger partial charge in [-0.3, -0.25) is 0 Å². The summed E-state index contributed by atoms with van der Waals surface area (Å²) in [5.74, 6) is 2.78. The first-order valence-corrected chi connectivity index (χ1v) is 9.61. The Bertz CT molecular complexity index is 992. The third kappa shape index (κ3) is 4.73. The predicted molar refractivity (Wildman–Crippen MR) is 117 cm³/mol. The third-order valence-corrected chi connectivity index (χ3v) is 4.87. The normalized spacial score (nSPS) is 11.3. The van der Waals surface area contributed by atoms with Gasteiger partial charge in [0.15, 0.2) is 11.5 Å². The average Bonchev–Trinajstić information content (AvgIpc) is 3.25. The highest BCUT2D eigenvalue weighted by Gasteiger charge is 2.15. The molecular weight excluding hydrogens is 390 g/mol. The Hall–Kier alpha value is -2.79. The smallest absolute Gasteiger partial charge is 0.170 e. The highest BCUT2D eigenvalue weighted by molar-refractivity contribution is 7.08. The van der Waals surface area contributed by atoms with Crippen molar-refractivity contribution < 1.29 is 9.47 Å². The fourth-order valence-corrected chi connectivity index (χ4v) is 3.45. The van der Waals surface area contributed by atoms with E-state index in [0.29, 0.717) is 11.5 Å². The molecule has 0 amide bonds. The van der Waals surface area contributed by atoms with Gasteiger partial charge in [-0.05, 0) is 64.4 Å². The van der Waals surface area contributed by atoms with E-state index in [2.05, 4.69) is 5.38 Å². The van der Waals surface area contributed by atoms with Gasteiger partial charge in [-0.25, -0.2) is 0 Å². The van der Waals surface area contributed by atoms with E-state index in [1.54, 1.807) is 11.3 Å². The fraction of sp³-hybridized carbons (Fsp3) is 0.0435. The van der Waals surface area contributed by atoms with Crippen LogP contribution in [0.3, 0.4) is 0 Å². The molecule has 4 aromatic rings. The first-order valence-electron chi connectivity index (χ1n) is 8.67. The topological polar surface area (TPSA) is 44.5 Å². The Morgan fingerprint density at radius 1 is 0.679 bits per heavy atom. The molecule has 5 heteroatoms. The monoisotopic (exact) mass is 409 g/mol. The number of para-hydroxylation sites is 2. The average molecular weight is 410 g/mol. The van der Waals surface area contributed by atoms with Crippen molar-refractivity contribution in [3.8, 4) is 23.0 Å². The van der Waals surface area contributed by atoms with Gasteiger partial charge in [0.05, 0.1) is 6.04 Å². The summed E-state index contributed by atoms with van der Waals surface area (Å²) < 4.78 is 12.2. The summed E-state index contributed by atoms with van der Waals surface area (Å²) in [6.45, 7) is 0. The maximum Gasteiger partial charge on any atom is 0.170 e. The first-order chi connectivity index (χ1) is 13.3.